The molecule has 2 fully saturated rings. The first-order valence-corrected chi connectivity index (χ1v) is 16.1. The van der Waals surface area contributed by atoms with Gasteiger partial charge in [-0.3, -0.25) is 19.1 Å². The van der Waals surface area contributed by atoms with Crippen molar-refractivity contribution < 1.29 is 9.18 Å². The van der Waals surface area contributed by atoms with Gasteiger partial charge in [-0.2, -0.15) is 5.26 Å². The molecule has 2 aromatic rings. The Morgan fingerprint density at radius 3 is 2.40 bits per heavy atom. The lowest BCUT2D eigenvalue weighted by molar-refractivity contribution is -0.122. The predicted molar refractivity (Wildman–Crippen MR) is 174 cm³/mol. The molecule has 0 saturated carbocycles. The van der Waals surface area contributed by atoms with E-state index in [2.05, 4.69) is 24.8 Å². The maximum Gasteiger partial charge on any atom is 0.270 e. The molecule has 0 aliphatic carbocycles. The van der Waals surface area contributed by atoms with Crippen LogP contribution >= 0.6 is 24.0 Å². The second-order valence-corrected chi connectivity index (χ2v) is 12.6. The Kier molecular flexibility index (Phi) is 10.8. The Bertz CT molecular complexity index is 1460. The van der Waals surface area contributed by atoms with Crippen LogP contribution < -0.4 is 15.4 Å². The molecule has 224 valence electrons. The van der Waals surface area contributed by atoms with Gasteiger partial charge < -0.3 is 9.80 Å². The number of para-hydroxylation sites is 1. The first-order chi connectivity index (χ1) is 20.2. The third kappa shape index (κ3) is 6.57. The van der Waals surface area contributed by atoms with Crippen LogP contribution in [0.15, 0.2) is 34.0 Å². The van der Waals surface area contributed by atoms with Gasteiger partial charge in [0.1, 0.15) is 27.6 Å². The fourth-order valence-electron chi connectivity index (χ4n) is 5.75. The first-order valence-electron chi connectivity index (χ1n) is 14.9. The molecule has 0 spiro atoms. The van der Waals surface area contributed by atoms with E-state index in [1.807, 2.05) is 24.0 Å². The molecule has 3 heterocycles. The van der Waals surface area contributed by atoms with Gasteiger partial charge in [0.25, 0.3) is 11.5 Å². The summed E-state index contributed by atoms with van der Waals surface area (Å²) >= 11 is 6.94. The minimum Gasteiger partial charge on any atom is -0.366 e. The zero-order valence-corrected chi connectivity index (χ0v) is 26.6. The third-order valence-corrected chi connectivity index (χ3v) is 9.58. The molecule has 4 rings (SSSR count). The number of nitrogens with zero attached hydrogens (tertiary/aromatic N) is 5. The average Bonchev–Trinajstić information content (AvgIpc) is 3.25. The van der Waals surface area contributed by atoms with E-state index in [4.69, 9.17) is 12.2 Å². The fourth-order valence-corrected chi connectivity index (χ4v) is 7.00. The fraction of sp³-hybridized carbons (Fsp3) is 0.500. The number of hydrogen-bond acceptors (Lipinski definition) is 7. The highest BCUT2D eigenvalue weighted by Gasteiger charge is 2.34. The SMILES string of the molecule is CCCCC(CC)CN1C(=O)C(=Cc2c(C)c(C#N)c(=O)n(CCC)c2N2CCN(c3ccccc3F)CC2)SC1=S. The summed E-state index contributed by atoms with van der Waals surface area (Å²) < 4.78 is 16.7. The van der Waals surface area contributed by atoms with Crippen LogP contribution in [0.3, 0.4) is 0 Å². The average molecular weight is 610 g/mol. The maximum atomic E-state index is 14.5. The highest BCUT2D eigenvalue weighted by Crippen LogP contribution is 2.37. The minimum atomic E-state index is -0.324. The molecule has 2 saturated heterocycles. The Labute approximate surface area is 258 Å². The molecular weight excluding hydrogens is 570 g/mol. The molecule has 2 aliphatic heterocycles. The number of unbranched alkanes of at least 4 members (excludes halogenated alkanes) is 1. The Balaban J connectivity index is 1.73. The molecule has 7 nitrogen and oxygen atoms in total. The number of halogens is 1. The van der Waals surface area contributed by atoms with Gasteiger partial charge in [-0.05, 0) is 49.5 Å². The quantitative estimate of drug-likeness (QED) is 0.218. The van der Waals surface area contributed by atoms with Gasteiger partial charge in [-0.15, -0.1) is 0 Å². The molecule has 0 N–H and O–H groups in total. The second kappa shape index (κ2) is 14.3. The van der Waals surface area contributed by atoms with Gasteiger partial charge in [0.2, 0.25) is 0 Å². The number of anilines is 2. The van der Waals surface area contributed by atoms with Crippen LogP contribution in [0.25, 0.3) is 6.08 Å². The van der Waals surface area contributed by atoms with E-state index >= 15 is 0 Å². The van der Waals surface area contributed by atoms with E-state index in [0.29, 0.717) is 83.5 Å². The van der Waals surface area contributed by atoms with E-state index in [1.165, 1.54) is 17.8 Å². The molecule has 1 unspecified atom stereocenters. The van der Waals surface area contributed by atoms with Gasteiger partial charge in [-0.25, -0.2) is 4.39 Å². The zero-order chi connectivity index (χ0) is 30.4. The van der Waals surface area contributed by atoms with Gasteiger partial charge in [0.15, 0.2) is 0 Å². The number of carbonyl (C=O) groups excluding carboxylic acids is 1. The summed E-state index contributed by atoms with van der Waals surface area (Å²) in [6.07, 6.45) is 6.79. The number of hydrogen-bond donors (Lipinski definition) is 0. The van der Waals surface area contributed by atoms with E-state index in [0.717, 1.165) is 25.7 Å². The number of thioether (sulfide) groups is 1. The van der Waals surface area contributed by atoms with Crippen LogP contribution in [0.4, 0.5) is 15.9 Å². The van der Waals surface area contributed by atoms with E-state index in [9.17, 15) is 19.2 Å². The standard InChI is InChI=1S/C32H40FN5O2S2/c1-5-8-11-23(7-3)21-38-31(40)28(42-32(38)41)19-24-22(4)25(20-34)30(39)37(14-6-2)29(24)36-17-15-35(16-18-36)27-13-10-9-12-26(27)33/h9-10,12-13,19,23H,5-8,11,14-18,21H2,1-4H3. The monoisotopic (exact) mass is 609 g/mol. The Morgan fingerprint density at radius 1 is 1.10 bits per heavy atom. The molecular formula is C32H40FN5O2S2. The van der Waals surface area contributed by atoms with E-state index in [1.54, 1.807) is 28.5 Å². The van der Waals surface area contributed by atoms with Crippen molar-refractivity contribution in [2.45, 2.75) is 66.3 Å². The van der Waals surface area contributed by atoms with Crippen molar-refractivity contribution in [3.63, 3.8) is 0 Å². The zero-order valence-electron chi connectivity index (χ0n) is 25.0. The highest BCUT2D eigenvalue weighted by atomic mass is 32.2. The van der Waals surface area contributed by atoms with E-state index < -0.39 is 0 Å². The van der Waals surface area contributed by atoms with E-state index in [-0.39, 0.29) is 22.8 Å². The normalized spacial score (nSPS) is 17.3. The van der Waals surface area contributed by atoms with Gasteiger partial charge >= 0.3 is 0 Å². The Morgan fingerprint density at radius 2 is 1.79 bits per heavy atom. The van der Waals surface area contributed by atoms with Crippen LogP contribution in [0.2, 0.25) is 0 Å². The number of thiocarbonyl (C=S) groups is 1. The first kappa shape index (κ1) is 31.8. The molecule has 1 atom stereocenters. The molecule has 10 heteroatoms. The summed E-state index contributed by atoms with van der Waals surface area (Å²) in [5.74, 6) is 0.699. The predicted octanol–water partition coefficient (Wildman–Crippen LogP) is 6.32. The van der Waals surface area contributed by atoms with Crippen molar-refractivity contribution in [1.82, 2.24) is 9.47 Å². The lowest BCUT2D eigenvalue weighted by atomic mass is 9.99. The van der Waals surface area contributed by atoms with Crippen molar-refractivity contribution in [1.29, 1.82) is 5.26 Å². The molecule has 1 aromatic heterocycles. The van der Waals surface area contributed by atoms with Crippen molar-refractivity contribution in [2.24, 2.45) is 5.92 Å². The minimum absolute atomic E-state index is 0.0875. The van der Waals surface area contributed by atoms with Crippen LogP contribution in [0.1, 0.15) is 69.6 Å². The number of pyridine rings is 1. The summed E-state index contributed by atoms with van der Waals surface area (Å²) in [5.41, 5.74) is 1.57. The van der Waals surface area contributed by atoms with Crippen LogP contribution in [-0.2, 0) is 11.3 Å². The largest absolute Gasteiger partial charge is 0.366 e. The summed E-state index contributed by atoms with van der Waals surface area (Å²) in [4.78, 5) is 33.6. The van der Waals surface area contributed by atoms with Crippen molar-refractivity contribution in [3.8, 4) is 6.07 Å². The molecule has 1 aromatic carbocycles. The molecule has 0 radical (unpaired) electrons. The van der Waals surface area contributed by atoms with Crippen molar-refractivity contribution in [3.05, 3.63) is 62.0 Å². The lowest BCUT2D eigenvalue weighted by Crippen LogP contribution is -2.49. The van der Waals surface area contributed by atoms with Crippen molar-refractivity contribution in [2.75, 3.05) is 42.5 Å². The number of rotatable bonds is 11. The van der Waals surface area contributed by atoms with Gasteiger partial charge in [-0.1, -0.05) is 76.1 Å². The molecule has 1 amide bonds. The number of amides is 1. The molecule has 0 bridgehead atoms. The lowest BCUT2D eigenvalue weighted by Gasteiger charge is -2.39. The van der Waals surface area contributed by atoms with Crippen molar-refractivity contribution >= 4 is 51.8 Å². The number of piperazine rings is 1. The topological polar surface area (TPSA) is 72.6 Å². The van der Waals surface area contributed by atoms with Crippen LogP contribution in [0.5, 0.6) is 0 Å². The number of aromatic nitrogens is 1. The second-order valence-electron chi connectivity index (χ2n) is 10.9. The van der Waals surface area contributed by atoms with Crippen LogP contribution in [-0.4, -0.2) is 52.4 Å². The van der Waals surface area contributed by atoms with Gasteiger partial charge in [0, 0.05) is 44.8 Å². The number of nitriles is 1. The number of benzene rings is 1. The third-order valence-electron chi connectivity index (χ3n) is 8.20. The summed E-state index contributed by atoms with van der Waals surface area (Å²) in [5, 5.41) is 9.96. The Hall–Kier alpha value is -3.16. The summed E-state index contributed by atoms with van der Waals surface area (Å²) in [7, 11) is 0. The highest BCUT2D eigenvalue weighted by molar-refractivity contribution is 8.26. The van der Waals surface area contributed by atoms with Gasteiger partial charge in [0.05, 0.1) is 10.6 Å². The maximum absolute atomic E-state index is 14.5. The number of carbonyl (C=O) groups is 1. The molecule has 2 aliphatic rings. The smallest absolute Gasteiger partial charge is 0.270 e. The van der Waals surface area contributed by atoms with Crippen LogP contribution in [0, 0.1) is 30.0 Å². The summed E-state index contributed by atoms with van der Waals surface area (Å²) in [6.45, 7) is 11.4. The summed E-state index contributed by atoms with van der Waals surface area (Å²) in [6, 6.07) is 8.87. The molecule has 42 heavy (non-hydrogen) atoms.